The van der Waals surface area contributed by atoms with Crippen LogP contribution in [0, 0.1) is 0 Å². The first-order chi connectivity index (χ1) is 29.2. The number of rotatable bonds is 7. The maximum atomic E-state index is 2.40. The monoisotopic (exact) mass is 749 g/mol. The first kappa shape index (κ1) is 34.5. The van der Waals surface area contributed by atoms with Gasteiger partial charge in [-0.3, -0.25) is 0 Å². The van der Waals surface area contributed by atoms with E-state index >= 15 is 0 Å². The van der Waals surface area contributed by atoms with Gasteiger partial charge < -0.3 is 4.90 Å². The molecule has 0 saturated heterocycles. The minimum Gasteiger partial charge on any atom is -0.310 e. The third kappa shape index (κ3) is 6.40. The fourth-order valence-electron chi connectivity index (χ4n) is 8.81. The highest BCUT2D eigenvalue weighted by molar-refractivity contribution is 6.20. The molecular formula is C58H39N. The van der Waals surface area contributed by atoms with Crippen LogP contribution in [0.15, 0.2) is 237 Å². The van der Waals surface area contributed by atoms with Crippen LogP contribution >= 0.6 is 0 Å². The van der Waals surface area contributed by atoms with Crippen molar-refractivity contribution in [3.63, 3.8) is 0 Å². The highest BCUT2D eigenvalue weighted by Gasteiger charge is 2.18. The standard InChI is InChI=1S/C58H39N/c1-3-11-40(12-4-1)42-19-21-45(22-20-42)54-16-9-10-18-57(54)59(52-33-29-43(30-34-52)41-13-5-2-6-14-41)53-35-31-48-37-47(26-27-50(48)39-53)49-32-36-56-51(38-49)28-25-46-24-23-44-15-7-8-17-55(44)58(46)56/h1-39H. The molecule has 59 heavy (non-hydrogen) atoms. The predicted molar refractivity (Wildman–Crippen MR) is 253 cm³/mol. The smallest absolute Gasteiger partial charge is 0.0540 e. The minimum absolute atomic E-state index is 1.10. The number of hydrogen-bond acceptors (Lipinski definition) is 1. The third-order valence-corrected chi connectivity index (χ3v) is 11.8. The van der Waals surface area contributed by atoms with E-state index in [0.717, 1.165) is 17.1 Å². The molecule has 0 aliphatic rings. The molecular weight excluding hydrogens is 711 g/mol. The average Bonchev–Trinajstić information content (AvgIpc) is 3.32. The van der Waals surface area contributed by atoms with E-state index in [1.54, 1.807) is 0 Å². The zero-order valence-corrected chi connectivity index (χ0v) is 32.5. The Bertz CT molecular complexity index is 3290. The molecule has 0 heterocycles. The second kappa shape index (κ2) is 14.6. The molecule has 0 amide bonds. The molecule has 0 saturated carbocycles. The van der Waals surface area contributed by atoms with Crippen molar-refractivity contribution in [2.24, 2.45) is 0 Å². The summed E-state index contributed by atoms with van der Waals surface area (Å²) in [6.07, 6.45) is 0. The molecule has 11 rings (SSSR count). The topological polar surface area (TPSA) is 3.24 Å². The molecule has 11 aromatic rings. The number of para-hydroxylation sites is 1. The fraction of sp³-hybridized carbons (Fsp3) is 0. The van der Waals surface area contributed by atoms with Crippen LogP contribution in [-0.2, 0) is 0 Å². The second-order valence-corrected chi connectivity index (χ2v) is 15.3. The van der Waals surface area contributed by atoms with E-state index in [4.69, 9.17) is 0 Å². The van der Waals surface area contributed by atoms with Crippen LogP contribution in [0.5, 0.6) is 0 Å². The van der Waals surface area contributed by atoms with Crippen molar-refractivity contribution in [2.75, 3.05) is 4.90 Å². The van der Waals surface area contributed by atoms with Crippen LogP contribution in [0.25, 0.3) is 87.6 Å². The van der Waals surface area contributed by atoms with E-state index in [9.17, 15) is 0 Å². The molecule has 0 spiro atoms. The van der Waals surface area contributed by atoms with Crippen molar-refractivity contribution in [3.8, 4) is 44.5 Å². The fourth-order valence-corrected chi connectivity index (χ4v) is 8.81. The van der Waals surface area contributed by atoms with E-state index in [0.29, 0.717) is 0 Å². The van der Waals surface area contributed by atoms with Gasteiger partial charge in [0.25, 0.3) is 0 Å². The van der Waals surface area contributed by atoms with Gasteiger partial charge in [-0.05, 0) is 124 Å². The first-order valence-corrected chi connectivity index (χ1v) is 20.3. The van der Waals surface area contributed by atoms with Crippen molar-refractivity contribution >= 4 is 60.2 Å². The molecule has 0 aromatic heterocycles. The molecule has 276 valence electrons. The quantitative estimate of drug-likeness (QED) is 0.147. The number of hydrogen-bond donors (Lipinski definition) is 0. The maximum absolute atomic E-state index is 2.40. The molecule has 1 heteroatoms. The Labute approximate surface area is 344 Å². The van der Waals surface area contributed by atoms with Crippen molar-refractivity contribution < 1.29 is 0 Å². The molecule has 0 radical (unpaired) electrons. The summed E-state index contributed by atoms with van der Waals surface area (Å²) in [6, 6.07) is 86.2. The minimum atomic E-state index is 1.10. The number of anilines is 3. The summed E-state index contributed by atoms with van der Waals surface area (Å²) in [6.45, 7) is 0. The summed E-state index contributed by atoms with van der Waals surface area (Å²) >= 11 is 0. The van der Waals surface area contributed by atoms with Crippen LogP contribution in [-0.4, -0.2) is 0 Å². The lowest BCUT2D eigenvalue weighted by Gasteiger charge is -2.28. The van der Waals surface area contributed by atoms with Gasteiger partial charge in [0, 0.05) is 16.9 Å². The predicted octanol–water partition coefficient (Wildman–Crippen LogP) is 16.4. The number of nitrogens with zero attached hydrogens (tertiary/aromatic N) is 1. The summed E-state index contributed by atoms with van der Waals surface area (Å²) in [7, 11) is 0. The van der Waals surface area contributed by atoms with Gasteiger partial charge in [-0.15, -0.1) is 0 Å². The maximum Gasteiger partial charge on any atom is 0.0540 e. The van der Waals surface area contributed by atoms with Crippen molar-refractivity contribution in [1.82, 2.24) is 0 Å². The van der Waals surface area contributed by atoms with Gasteiger partial charge >= 0.3 is 0 Å². The summed E-state index contributed by atoms with van der Waals surface area (Å²) in [5.41, 5.74) is 12.9. The molecule has 1 nitrogen and oxygen atoms in total. The van der Waals surface area contributed by atoms with Crippen molar-refractivity contribution in [1.29, 1.82) is 0 Å². The van der Waals surface area contributed by atoms with E-state index in [1.165, 1.54) is 87.6 Å². The lowest BCUT2D eigenvalue weighted by Crippen LogP contribution is -2.11. The van der Waals surface area contributed by atoms with Gasteiger partial charge in [-0.2, -0.15) is 0 Å². The van der Waals surface area contributed by atoms with Crippen LogP contribution in [0.4, 0.5) is 17.1 Å². The normalized spacial score (nSPS) is 11.4. The Morgan fingerprint density at radius 1 is 0.237 bits per heavy atom. The van der Waals surface area contributed by atoms with Crippen LogP contribution in [0.2, 0.25) is 0 Å². The van der Waals surface area contributed by atoms with E-state index in [1.807, 2.05) is 0 Å². The van der Waals surface area contributed by atoms with Gasteiger partial charge in [0.15, 0.2) is 0 Å². The van der Waals surface area contributed by atoms with Gasteiger partial charge in [0.05, 0.1) is 5.69 Å². The molecule has 0 atom stereocenters. The highest BCUT2D eigenvalue weighted by atomic mass is 15.1. The summed E-state index contributed by atoms with van der Waals surface area (Å²) in [5, 5.41) is 10.1. The van der Waals surface area contributed by atoms with Crippen LogP contribution in [0.3, 0.4) is 0 Å². The summed E-state index contributed by atoms with van der Waals surface area (Å²) < 4.78 is 0. The first-order valence-electron chi connectivity index (χ1n) is 20.3. The largest absolute Gasteiger partial charge is 0.310 e. The van der Waals surface area contributed by atoms with Crippen molar-refractivity contribution in [3.05, 3.63) is 237 Å². The Morgan fingerprint density at radius 3 is 1.44 bits per heavy atom. The highest BCUT2D eigenvalue weighted by Crippen LogP contribution is 2.43. The summed E-state index contributed by atoms with van der Waals surface area (Å²) in [5.74, 6) is 0. The van der Waals surface area contributed by atoms with Gasteiger partial charge in [-0.25, -0.2) is 0 Å². The number of benzene rings is 11. The Balaban J connectivity index is 0.992. The molecule has 0 N–H and O–H groups in total. The lowest BCUT2D eigenvalue weighted by molar-refractivity contribution is 1.29. The molecule has 0 bridgehead atoms. The van der Waals surface area contributed by atoms with Crippen LogP contribution in [0.1, 0.15) is 0 Å². The SMILES string of the molecule is c1ccc(-c2ccc(-c3ccccc3N(c3ccc(-c4ccccc4)cc3)c3ccc4cc(-c5ccc6c(ccc7ccc8ccccc8c76)c5)ccc4c3)cc2)cc1. The van der Waals surface area contributed by atoms with Gasteiger partial charge in [-0.1, -0.05) is 194 Å². The second-order valence-electron chi connectivity index (χ2n) is 15.3. The molecule has 0 unspecified atom stereocenters. The number of fused-ring (bicyclic) bond motifs is 6. The summed E-state index contributed by atoms with van der Waals surface area (Å²) in [4.78, 5) is 2.40. The van der Waals surface area contributed by atoms with Crippen molar-refractivity contribution in [2.45, 2.75) is 0 Å². The van der Waals surface area contributed by atoms with Crippen LogP contribution < -0.4 is 4.90 Å². The third-order valence-electron chi connectivity index (χ3n) is 11.8. The Hall–Kier alpha value is -7.74. The average molecular weight is 750 g/mol. The molecule has 0 aliphatic carbocycles. The van der Waals surface area contributed by atoms with E-state index in [2.05, 4.69) is 241 Å². The Kier molecular flexibility index (Phi) is 8.56. The van der Waals surface area contributed by atoms with E-state index < -0.39 is 0 Å². The van der Waals surface area contributed by atoms with Gasteiger partial charge in [0.2, 0.25) is 0 Å². The zero-order chi connectivity index (χ0) is 39.1. The lowest BCUT2D eigenvalue weighted by atomic mass is 9.93. The molecule has 0 fully saturated rings. The molecule has 0 aliphatic heterocycles. The van der Waals surface area contributed by atoms with E-state index in [-0.39, 0.29) is 0 Å². The molecule has 11 aromatic carbocycles. The van der Waals surface area contributed by atoms with Gasteiger partial charge in [0.1, 0.15) is 0 Å². The Morgan fingerprint density at radius 2 is 0.695 bits per heavy atom. The zero-order valence-electron chi connectivity index (χ0n) is 32.5.